The number of benzene rings is 5. The Hall–Kier alpha value is -5.40. The maximum Gasteiger partial charge on any atom is 0.164 e. The third-order valence-electron chi connectivity index (χ3n) is 15.9. The van der Waals surface area contributed by atoms with Gasteiger partial charge in [-0.2, -0.15) is 5.26 Å². The number of hydrogen-bond donors (Lipinski definition) is 0. The monoisotopic (exact) mass is 754 g/mol. The van der Waals surface area contributed by atoms with Crippen LogP contribution in [0.25, 0.3) is 56.4 Å². The van der Waals surface area contributed by atoms with Crippen LogP contribution in [0.15, 0.2) is 121 Å². The Morgan fingerprint density at radius 3 is 1.21 bits per heavy atom. The molecule has 0 N–H and O–H groups in total. The largest absolute Gasteiger partial charge is 0.208 e. The van der Waals surface area contributed by atoms with Crippen LogP contribution in [0.5, 0.6) is 0 Å². The summed E-state index contributed by atoms with van der Waals surface area (Å²) < 4.78 is 0. The van der Waals surface area contributed by atoms with Crippen molar-refractivity contribution in [3.63, 3.8) is 0 Å². The Bertz CT molecular complexity index is 2390. The van der Waals surface area contributed by atoms with Crippen molar-refractivity contribution < 1.29 is 0 Å². The first kappa shape index (κ1) is 34.6. The molecule has 8 aliphatic carbocycles. The standard InChI is InChI=1S/C54H50N4/c55-33-34-6-8-42(9-7-34)48-19-14-45(26-49(48)41-4-2-1-3-5-41)52-57-50(43-10-15-46(16-11-43)53-27-35-20-36(28-53)22-37(21-35)29-53)56-51(58-52)44-12-17-47(18-13-44)54-30-38-23-39(31-54)25-40(24-38)32-54/h1-19,26,35-40H,20-25,27-32H2/t35-,36-,37-,38-,39+,40-,53?,54?. The van der Waals surface area contributed by atoms with Crippen LogP contribution in [0.4, 0.5) is 0 Å². The number of nitrogens with zero attached hydrogens (tertiary/aromatic N) is 4. The lowest BCUT2D eigenvalue weighted by Gasteiger charge is -2.57. The van der Waals surface area contributed by atoms with Gasteiger partial charge in [0.2, 0.25) is 0 Å². The number of aromatic nitrogens is 3. The maximum atomic E-state index is 9.47. The van der Waals surface area contributed by atoms with Crippen LogP contribution in [0.2, 0.25) is 0 Å². The normalized spacial score (nSPS) is 30.1. The van der Waals surface area contributed by atoms with Crippen molar-refractivity contribution in [2.45, 2.75) is 87.9 Å². The Labute approximate surface area is 342 Å². The van der Waals surface area contributed by atoms with Crippen molar-refractivity contribution >= 4 is 0 Å². The number of rotatable bonds is 7. The molecule has 0 amide bonds. The average Bonchev–Trinajstić information content (AvgIpc) is 3.26. The number of nitriles is 1. The van der Waals surface area contributed by atoms with Crippen LogP contribution >= 0.6 is 0 Å². The van der Waals surface area contributed by atoms with E-state index in [4.69, 9.17) is 15.0 Å². The molecular formula is C54H50N4. The van der Waals surface area contributed by atoms with Gasteiger partial charge in [0.1, 0.15) is 0 Å². The Kier molecular flexibility index (Phi) is 7.95. The summed E-state index contributed by atoms with van der Waals surface area (Å²) in [6, 6.07) is 46.0. The van der Waals surface area contributed by atoms with Crippen molar-refractivity contribution in [3.8, 4) is 62.5 Å². The molecule has 8 fully saturated rings. The molecule has 0 saturated heterocycles. The molecule has 0 atom stereocenters. The smallest absolute Gasteiger partial charge is 0.164 e. The first-order valence-electron chi connectivity index (χ1n) is 22.1. The lowest BCUT2D eigenvalue weighted by Crippen LogP contribution is -2.48. The van der Waals surface area contributed by atoms with Crippen LogP contribution in [0.1, 0.15) is 93.7 Å². The molecule has 58 heavy (non-hydrogen) atoms. The molecule has 4 heteroatoms. The van der Waals surface area contributed by atoms with E-state index in [-0.39, 0.29) is 0 Å². The highest BCUT2D eigenvalue weighted by atomic mass is 15.0. The van der Waals surface area contributed by atoms with Gasteiger partial charge < -0.3 is 0 Å². The molecule has 1 aromatic heterocycles. The zero-order valence-corrected chi connectivity index (χ0v) is 33.3. The minimum Gasteiger partial charge on any atom is -0.208 e. The molecular weight excluding hydrogens is 705 g/mol. The first-order chi connectivity index (χ1) is 28.5. The Balaban J connectivity index is 0.951. The van der Waals surface area contributed by atoms with E-state index in [1.807, 2.05) is 24.3 Å². The van der Waals surface area contributed by atoms with Gasteiger partial charge in [0.15, 0.2) is 17.5 Å². The van der Waals surface area contributed by atoms with Crippen LogP contribution in [0, 0.1) is 46.8 Å². The molecule has 0 spiro atoms. The average molecular weight is 755 g/mol. The summed E-state index contributed by atoms with van der Waals surface area (Å²) in [6.45, 7) is 0. The van der Waals surface area contributed by atoms with E-state index in [1.165, 1.54) is 88.2 Å². The van der Waals surface area contributed by atoms with E-state index < -0.39 is 0 Å². The van der Waals surface area contributed by atoms with Crippen LogP contribution in [-0.4, -0.2) is 15.0 Å². The Morgan fingerprint density at radius 2 is 0.776 bits per heavy atom. The molecule has 5 aromatic carbocycles. The first-order valence-corrected chi connectivity index (χ1v) is 22.1. The molecule has 1 heterocycles. The minimum absolute atomic E-state index is 0.353. The lowest BCUT2D eigenvalue weighted by atomic mass is 9.48. The lowest BCUT2D eigenvalue weighted by molar-refractivity contribution is -0.00530. The second kappa shape index (κ2) is 13.3. The van der Waals surface area contributed by atoms with Crippen molar-refractivity contribution in [2.24, 2.45) is 35.5 Å². The highest BCUT2D eigenvalue weighted by molar-refractivity contribution is 5.86. The topological polar surface area (TPSA) is 62.5 Å². The van der Waals surface area contributed by atoms with E-state index in [1.54, 1.807) is 0 Å². The number of hydrogen-bond acceptors (Lipinski definition) is 4. The summed E-state index contributed by atoms with van der Waals surface area (Å²) in [5, 5.41) is 9.47. The van der Waals surface area contributed by atoms with E-state index >= 15 is 0 Å². The predicted molar refractivity (Wildman–Crippen MR) is 231 cm³/mol. The highest BCUT2D eigenvalue weighted by Crippen LogP contribution is 2.62. The third kappa shape index (κ3) is 5.87. The minimum atomic E-state index is 0.353. The second-order valence-electron chi connectivity index (χ2n) is 19.7. The second-order valence-corrected chi connectivity index (χ2v) is 19.7. The molecule has 8 bridgehead atoms. The van der Waals surface area contributed by atoms with E-state index in [0.29, 0.717) is 22.2 Å². The maximum absolute atomic E-state index is 9.47. The van der Waals surface area contributed by atoms with E-state index in [9.17, 15) is 5.26 Å². The van der Waals surface area contributed by atoms with Gasteiger partial charge in [-0.3, -0.25) is 0 Å². The molecule has 0 unspecified atom stereocenters. The molecule has 8 saturated carbocycles. The zero-order valence-electron chi connectivity index (χ0n) is 33.3. The van der Waals surface area contributed by atoms with Crippen molar-refractivity contribution in [2.75, 3.05) is 0 Å². The quantitative estimate of drug-likeness (QED) is 0.163. The van der Waals surface area contributed by atoms with Crippen LogP contribution < -0.4 is 0 Å². The summed E-state index contributed by atoms with van der Waals surface area (Å²) in [7, 11) is 0. The predicted octanol–water partition coefficient (Wildman–Crippen LogP) is 13.0. The summed E-state index contributed by atoms with van der Waals surface area (Å²) in [4.78, 5) is 15.8. The molecule has 4 nitrogen and oxygen atoms in total. The van der Waals surface area contributed by atoms with E-state index in [2.05, 4.69) is 103 Å². The van der Waals surface area contributed by atoms with Gasteiger partial charge in [-0.05, 0) is 175 Å². The fraction of sp³-hybridized carbons (Fsp3) is 0.370. The fourth-order valence-electron chi connectivity index (χ4n) is 14.2. The molecule has 286 valence electrons. The Morgan fingerprint density at radius 1 is 0.397 bits per heavy atom. The summed E-state index contributed by atoms with van der Waals surface area (Å²) in [5.41, 5.74) is 11.9. The molecule has 6 aromatic rings. The van der Waals surface area contributed by atoms with Gasteiger partial charge >= 0.3 is 0 Å². The van der Waals surface area contributed by atoms with Crippen LogP contribution in [-0.2, 0) is 10.8 Å². The van der Waals surface area contributed by atoms with Gasteiger partial charge in [0.05, 0.1) is 11.6 Å². The van der Waals surface area contributed by atoms with Gasteiger partial charge in [0, 0.05) is 16.7 Å². The van der Waals surface area contributed by atoms with Gasteiger partial charge in [-0.15, -0.1) is 0 Å². The molecule has 0 aliphatic heterocycles. The van der Waals surface area contributed by atoms with Gasteiger partial charge in [0.25, 0.3) is 0 Å². The van der Waals surface area contributed by atoms with Gasteiger partial charge in [-0.25, -0.2) is 15.0 Å². The fourth-order valence-corrected chi connectivity index (χ4v) is 14.2. The molecule has 8 aliphatic rings. The van der Waals surface area contributed by atoms with Crippen molar-refractivity contribution in [3.05, 3.63) is 138 Å². The summed E-state index contributed by atoms with van der Waals surface area (Å²) >= 11 is 0. The zero-order chi connectivity index (χ0) is 38.4. The molecule has 0 radical (unpaired) electrons. The third-order valence-corrected chi connectivity index (χ3v) is 15.9. The SMILES string of the molecule is N#Cc1ccc(-c2ccc(-c3nc(-c4ccc(C56C[C@H]7C[C@@H](C5)C[C@@H](C6)C7)cc4)nc(-c4ccc(C56C[C@H]7C[C@H](C5)C[C@@H](C6)C7)cc4)n3)cc2-c2ccccc2)cc1. The van der Waals surface area contributed by atoms with Crippen molar-refractivity contribution in [1.29, 1.82) is 5.26 Å². The highest BCUT2D eigenvalue weighted by Gasteiger charge is 2.52. The van der Waals surface area contributed by atoms with Gasteiger partial charge in [-0.1, -0.05) is 103 Å². The summed E-state index contributed by atoms with van der Waals surface area (Å²) in [6.07, 6.45) is 16.9. The molecule has 14 rings (SSSR count). The van der Waals surface area contributed by atoms with Crippen molar-refractivity contribution in [1.82, 2.24) is 15.0 Å². The summed E-state index contributed by atoms with van der Waals surface area (Å²) in [5.74, 6) is 7.61. The van der Waals surface area contributed by atoms with E-state index in [0.717, 1.165) is 86.1 Å². The van der Waals surface area contributed by atoms with Crippen LogP contribution in [0.3, 0.4) is 0 Å².